The zero-order chi connectivity index (χ0) is 25.4. The van der Waals surface area contributed by atoms with E-state index in [1.54, 1.807) is 17.0 Å². The number of nitrogens with zero attached hydrogens (tertiary/aromatic N) is 4. The van der Waals surface area contributed by atoms with Crippen LogP contribution in [0.25, 0.3) is 0 Å². The van der Waals surface area contributed by atoms with Gasteiger partial charge in [-0.05, 0) is 63.6 Å². The molecule has 2 aromatic rings. The van der Waals surface area contributed by atoms with Crippen molar-refractivity contribution in [2.45, 2.75) is 52.4 Å². The average molecular weight is 482 g/mol. The summed E-state index contributed by atoms with van der Waals surface area (Å²) in [5, 5.41) is 7.40. The molecule has 3 amide bonds. The van der Waals surface area contributed by atoms with Crippen molar-refractivity contribution in [2.24, 2.45) is 13.0 Å². The Bertz CT molecular complexity index is 1020. The number of carbonyl (C=O) groups excluding carboxylic acids is 3. The van der Waals surface area contributed by atoms with Gasteiger partial charge in [-0.2, -0.15) is 5.10 Å². The summed E-state index contributed by atoms with van der Waals surface area (Å²) >= 11 is 0. The van der Waals surface area contributed by atoms with Gasteiger partial charge in [-0.25, -0.2) is 0 Å². The molecular formula is C27H39N5O3. The minimum absolute atomic E-state index is 0.0707. The topological polar surface area (TPSA) is 87.5 Å². The summed E-state index contributed by atoms with van der Waals surface area (Å²) in [5.41, 5.74) is 4.10. The molecule has 1 aromatic carbocycles. The molecular weight excluding hydrogens is 442 g/mol. The molecule has 3 rings (SSSR count). The molecule has 8 nitrogen and oxygen atoms in total. The number of nitrogens with one attached hydrogen (secondary N) is 1. The molecule has 1 atom stereocenters. The fourth-order valence-electron chi connectivity index (χ4n) is 4.80. The first-order chi connectivity index (χ1) is 16.8. The molecule has 0 saturated carbocycles. The van der Waals surface area contributed by atoms with Crippen molar-refractivity contribution in [1.82, 2.24) is 24.9 Å². The Labute approximate surface area is 208 Å². The molecule has 0 radical (unpaired) electrons. The van der Waals surface area contributed by atoms with Crippen LogP contribution in [0.2, 0.25) is 0 Å². The second kappa shape index (κ2) is 12.5. The van der Waals surface area contributed by atoms with E-state index < -0.39 is 0 Å². The molecule has 1 unspecified atom stereocenters. The lowest BCUT2D eigenvalue weighted by Crippen LogP contribution is -2.36. The van der Waals surface area contributed by atoms with E-state index in [1.807, 2.05) is 48.8 Å². The van der Waals surface area contributed by atoms with Crippen LogP contribution < -0.4 is 5.32 Å². The average Bonchev–Trinajstić information content (AvgIpc) is 3.07. The molecule has 1 N–H and O–H groups in total. The van der Waals surface area contributed by atoms with Crippen LogP contribution in [0.1, 0.15) is 59.4 Å². The standard InChI is InChI=1S/C27H39N5O3/c1-20-24(21(2)31(4)29-20)13-9-17-30(3)26(34)23-12-8-18-32(19-15-25(33)28-16-14-23)27(35)22-10-6-5-7-11-22/h5-7,10-11,23H,8-9,12-19H2,1-4H3,(H,28,33). The minimum atomic E-state index is -0.172. The fraction of sp³-hybridized carbons (Fsp3) is 0.556. The fourth-order valence-corrected chi connectivity index (χ4v) is 4.80. The Balaban J connectivity index is 1.58. The third-order valence-electron chi connectivity index (χ3n) is 7.02. The third kappa shape index (κ3) is 7.16. The Morgan fingerprint density at radius 2 is 1.89 bits per heavy atom. The second-order valence-corrected chi connectivity index (χ2v) is 9.52. The van der Waals surface area contributed by atoms with Gasteiger partial charge in [-0.1, -0.05) is 18.2 Å². The largest absolute Gasteiger partial charge is 0.356 e. The van der Waals surface area contributed by atoms with E-state index in [9.17, 15) is 14.4 Å². The molecule has 0 bridgehead atoms. The number of carbonyl (C=O) groups is 3. The van der Waals surface area contributed by atoms with Crippen LogP contribution in [0.5, 0.6) is 0 Å². The van der Waals surface area contributed by atoms with Gasteiger partial charge in [0.15, 0.2) is 0 Å². The van der Waals surface area contributed by atoms with E-state index >= 15 is 0 Å². The summed E-state index contributed by atoms with van der Waals surface area (Å²) in [6, 6.07) is 9.15. The highest BCUT2D eigenvalue weighted by Gasteiger charge is 2.24. The lowest BCUT2D eigenvalue weighted by molar-refractivity contribution is -0.135. The zero-order valence-corrected chi connectivity index (χ0v) is 21.5. The summed E-state index contributed by atoms with van der Waals surface area (Å²) < 4.78 is 1.91. The number of hydrogen-bond acceptors (Lipinski definition) is 4. The van der Waals surface area contributed by atoms with Gasteiger partial charge in [0.05, 0.1) is 5.69 Å². The van der Waals surface area contributed by atoms with Gasteiger partial charge in [-0.15, -0.1) is 0 Å². The number of benzene rings is 1. The van der Waals surface area contributed by atoms with E-state index in [1.165, 1.54) is 11.3 Å². The van der Waals surface area contributed by atoms with Gasteiger partial charge < -0.3 is 15.1 Å². The molecule has 1 aromatic heterocycles. The van der Waals surface area contributed by atoms with E-state index in [0.29, 0.717) is 44.6 Å². The number of aryl methyl sites for hydroxylation is 2. The number of rotatable bonds is 6. The molecule has 8 heteroatoms. The van der Waals surface area contributed by atoms with E-state index in [4.69, 9.17) is 0 Å². The van der Waals surface area contributed by atoms with Crippen molar-refractivity contribution < 1.29 is 14.4 Å². The monoisotopic (exact) mass is 481 g/mol. The van der Waals surface area contributed by atoms with Gasteiger partial charge in [-0.3, -0.25) is 19.1 Å². The highest BCUT2D eigenvalue weighted by atomic mass is 16.2. The van der Waals surface area contributed by atoms with Crippen molar-refractivity contribution in [2.75, 3.05) is 33.2 Å². The van der Waals surface area contributed by atoms with Crippen molar-refractivity contribution in [3.8, 4) is 0 Å². The molecule has 0 spiro atoms. The Morgan fingerprint density at radius 1 is 1.14 bits per heavy atom. The van der Waals surface area contributed by atoms with Crippen LogP contribution in [0, 0.1) is 19.8 Å². The molecule has 2 heterocycles. The number of amides is 3. The van der Waals surface area contributed by atoms with Gasteiger partial charge in [0, 0.05) is 63.9 Å². The predicted octanol–water partition coefficient (Wildman–Crippen LogP) is 2.88. The number of hydrogen-bond donors (Lipinski definition) is 1. The summed E-state index contributed by atoms with van der Waals surface area (Å²) in [6.45, 7) is 6.17. The zero-order valence-electron chi connectivity index (χ0n) is 21.5. The molecule has 1 aliphatic rings. The van der Waals surface area contributed by atoms with E-state index in [2.05, 4.69) is 17.3 Å². The summed E-state index contributed by atoms with van der Waals surface area (Å²) in [4.78, 5) is 42.1. The van der Waals surface area contributed by atoms with Crippen LogP contribution in [-0.4, -0.2) is 70.5 Å². The maximum absolute atomic E-state index is 13.3. The highest BCUT2D eigenvalue weighted by Crippen LogP contribution is 2.18. The minimum Gasteiger partial charge on any atom is -0.356 e. The van der Waals surface area contributed by atoms with Gasteiger partial charge >= 0.3 is 0 Å². The highest BCUT2D eigenvalue weighted by molar-refractivity contribution is 5.94. The van der Waals surface area contributed by atoms with E-state index in [0.717, 1.165) is 25.0 Å². The van der Waals surface area contributed by atoms with Gasteiger partial charge in [0.1, 0.15) is 0 Å². The van der Waals surface area contributed by atoms with Crippen LogP contribution in [-0.2, 0) is 23.1 Å². The Morgan fingerprint density at radius 3 is 2.57 bits per heavy atom. The smallest absolute Gasteiger partial charge is 0.253 e. The lowest BCUT2D eigenvalue weighted by atomic mass is 9.97. The van der Waals surface area contributed by atoms with E-state index in [-0.39, 0.29) is 30.1 Å². The van der Waals surface area contributed by atoms with Crippen molar-refractivity contribution in [3.63, 3.8) is 0 Å². The predicted molar refractivity (Wildman–Crippen MR) is 136 cm³/mol. The SMILES string of the molecule is Cc1nn(C)c(C)c1CCCN(C)C(=O)C1CCCN(C(=O)c2ccccc2)CCC(=O)NCC1. The first-order valence-electron chi connectivity index (χ1n) is 12.6. The maximum Gasteiger partial charge on any atom is 0.253 e. The molecule has 1 aliphatic heterocycles. The first-order valence-corrected chi connectivity index (χ1v) is 12.6. The summed E-state index contributed by atoms with van der Waals surface area (Å²) in [5.74, 6) is -0.217. The summed E-state index contributed by atoms with van der Waals surface area (Å²) in [6.07, 6.45) is 4.06. The summed E-state index contributed by atoms with van der Waals surface area (Å²) in [7, 11) is 3.82. The Hall–Kier alpha value is -3.16. The second-order valence-electron chi connectivity index (χ2n) is 9.52. The van der Waals surface area contributed by atoms with Crippen LogP contribution in [0.4, 0.5) is 0 Å². The van der Waals surface area contributed by atoms with Crippen molar-refractivity contribution >= 4 is 17.7 Å². The van der Waals surface area contributed by atoms with Gasteiger partial charge in [0.2, 0.25) is 11.8 Å². The van der Waals surface area contributed by atoms with Crippen LogP contribution in [0.15, 0.2) is 30.3 Å². The van der Waals surface area contributed by atoms with Crippen molar-refractivity contribution in [3.05, 3.63) is 52.8 Å². The molecule has 1 fully saturated rings. The van der Waals surface area contributed by atoms with Crippen LogP contribution in [0.3, 0.4) is 0 Å². The molecule has 35 heavy (non-hydrogen) atoms. The molecule has 1 saturated heterocycles. The Kier molecular flexibility index (Phi) is 9.46. The first kappa shape index (κ1) is 26.4. The molecule has 190 valence electrons. The normalized spacial score (nSPS) is 17.4. The molecule has 0 aliphatic carbocycles. The van der Waals surface area contributed by atoms with Crippen molar-refractivity contribution in [1.29, 1.82) is 0 Å². The lowest BCUT2D eigenvalue weighted by Gasteiger charge is -2.25. The van der Waals surface area contributed by atoms with Crippen LogP contribution >= 0.6 is 0 Å². The maximum atomic E-state index is 13.3. The van der Waals surface area contributed by atoms with Gasteiger partial charge in [0.25, 0.3) is 5.91 Å². The quantitative estimate of drug-likeness (QED) is 0.687. The number of aromatic nitrogens is 2. The third-order valence-corrected chi connectivity index (χ3v) is 7.02.